The number of aromatic nitrogens is 4. The fraction of sp³-hybridized carbons (Fsp3) is 0.235. The molecule has 0 radical (unpaired) electrons. The van der Waals surface area contributed by atoms with Crippen LogP contribution in [0.15, 0.2) is 36.5 Å². The van der Waals surface area contributed by atoms with Crippen molar-refractivity contribution in [3.05, 3.63) is 63.7 Å². The SMILES string of the molecule is Cc1nc(-c2nc(N(C)Cc3ccccc3)nc(C)c2[N+](=O)[O-])c[nH]1. The smallest absolute Gasteiger partial charge is 0.318 e. The summed E-state index contributed by atoms with van der Waals surface area (Å²) in [5.74, 6) is 1.09. The van der Waals surface area contributed by atoms with Crippen molar-refractivity contribution in [3.63, 3.8) is 0 Å². The number of hydrogen-bond donors (Lipinski definition) is 1. The third-order valence-corrected chi connectivity index (χ3v) is 3.78. The predicted octanol–water partition coefficient (Wildman–Crippen LogP) is 3.03. The normalized spacial score (nSPS) is 10.7. The molecule has 0 aliphatic heterocycles. The molecule has 0 saturated heterocycles. The number of nitrogens with zero attached hydrogens (tertiary/aromatic N) is 5. The van der Waals surface area contributed by atoms with Crippen LogP contribution in [0, 0.1) is 24.0 Å². The van der Waals surface area contributed by atoms with Crippen LogP contribution >= 0.6 is 0 Å². The highest BCUT2D eigenvalue weighted by Gasteiger charge is 2.25. The van der Waals surface area contributed by atoms with Gasteiger partial charge in [0.1, 0.15) is 17.2 Å². The number of hydrogen-bond acceptors (Lipinski definition) is 6. The first-order chi connectivity index (χ1) is 12.0. The third-order valence-electron chi connectivity index (χ3n) is 3.78. The fourth-order valence-electron chi connectivity index (χ4n) is 2.59. The number of benzene rings is 1. The number of H-pyrrole nitrogens is 1. The van der Waals surface area contributed by atoms with Crippen LogP contribution in [0.2, 0.25) is 0 Å². The number of rotatable bonds is 5. The molecule has 1 aromatic carbocycles. The van der Waals surface area contributed by atoms with E-state index in [4.69, 9.17) is 0 Å². The van der Waals surface area contributed by atoms with Crippen LogP contribution in [-0.2, 0) is 6.54 Å². The van der Waals surface area contributed by atoms with E-state index in [0.717, 1.165) is 5.56 Å². The van der Waals surface area contributed by atoms with Gasteiger partial charge in [-0.1, -0.05) is 30.3 Å². The zero-order valence-corrected chi connectivity index (χ0v) is 14.2. The number of anilines is 1. The molecule has 128 valence electrons. The molecule has 0 amide bonds. The second-order valence-electron chi connectivity index (χ2n) is 5.78. The van der Waals surface area contributed by atoms with Crippen molar-refractivity contribution in [2.75, 3.05) is 11.9 Å². The molecule has 0 saturated carbocycles. The Labute approximate surface area is 144 Å². The van der Waals surface area contributed by atoms with Gasteiger partial charge in [-0.2, -0.15) is 0 Å². The number of aromatic amines is 1. The van der Waals surface area contributed by atoms with E-state index in [1.54, 1.807) is 20.0 Å². The Hall–Kier alpha value is -3.29. The second-order valence-corrected chi connectivity index (χ2v) is 5.78. The first-order valence-electron chi connectivity index (χ1n) is 7.76. The van der Waals surface area contributed by atoms with Crippen molar-refractivity contribution in [2.45, 2.75) is 20.4 Å². The Bertz CT molecular complexity index is 907. The van der Waals surface area contributed by atoms with Crippen LogP contribution in [0.1, 0.15) is 17.1 Å². The van der Waals surface area contributed by atoms with Gasteiger partial charge in [-0.25, -0.2) is 15.0 Å². The molecule has 0 aliphatic carbocycles. The zero-order valence-electron chi connectivity index (χ0n) is 14.2. The van der Waals surface area contributed by atoms with Crippen LogP contribution in [0.3, 0.4) is 0 Å². The highest BCUT2D eigenvalue weighted by Crippen LogP contribution is 2.31. The Morgan fingerprint density at radius 3 is 2.48 bits per heavy atom. The summed E-state index contributed by atoms with van der Waals surface area (Å²) in [5.41, 5.74) is 1.94. The average molecular weight is 338 g/mol. The molecule has 25 heavy (non-hydrogen) atoms. The molecule has 0 fully saturated rings. The van der Waals surface area contributed by atoms with Crippen molar-refractivity contribution in [3.8, 4) is 11.4 Å². The van der Waals surface area contributed by atoms with E-state index < -0.39 is 4.92 Å². The topological polar surface area (TPSA) is 101 Å². The summed E-state index contributed by atoms with van der Waals surface area (Å²) in [5, 5.41) is 11.5. The number of aryl methyl sites for hydroxylation is 2. The maximum atomic E-state index is 11.5. The summed E-state index contributed by atoms with van der Waals surface area (Å²) in [6.45, 7) is 3.99. The van der Waals surface area contributed by atoms with Gasteiger partial charge < -0.3 is 9.88 Å². The maximum absolute atomic E-state index is 11.5. The lowest BCUT2D eigenvalue weighted by atomic mass is 10.2. The van der Waals surface area contributed by atoms with E-state index in [1.165, 1.54) is 0 Å². The summed E-state index contributed by atoms with van der Waals surface area (Å²) in [6, 6.07) is 9.89. The van der Waals surface area contributed by atoms with Gasteiger partial charge in [0.05, 0.1) is 4.92 Å². The third kappa shape index (κ3) is 3.47. The van der Waals surface area contributed by atoms with Gasteiger partial charge in [-0.15, -0.1) is 0 Å². The van der Waals surface area contributed by atoms with E-state index >= 15 is 0 Å². The van der Waals surface area contributed by atoms with E-state index in [-0.39, 0.29) is 11.4 Å². The molecule has 0 unspecified atom stereocenters. The zero-order chi connectivity index (χ0) is 18.0. The van der Waals surface area contributed by atoms with Crippen molar-refractivity contribution in [2.24, 2.45) is 0 Å². The molecule has 8 nitrogen and oxygen atoms in total. The highest BCUT2D eigenvalue weighted by atomic mass is 16.6. The fourth-order valence-corrected chi connectivity index (χ4v) is 2.59. The van der Waals surface area contributed by atoms with Gasteiger partial charge in [0.15, 0.2) is 5.69 Å². The molecule has 3 rings (SSSR count). The molecule has 3 aromatic rings. The summed E-state index contributed by atoms with van der Waals surface area (Å²) >= 11 is 0. The molecule has 0 bridgehead atoms. The molecule has 8 heteroatoms. The largest absolute Gasteiger partial charge is 0.348 e. The van der Waals surface area contributed by atoms with E-state index in [1.807, 2.05) is 42.3 Å². The number of nitrogens with one attached hydrogen (secondary N) is 1. The Kier molecular flexibility index (Phi) is 4.42. The van der Waals surface area contributed by atoms with Crippen molar-refractivity contribution >= 4 is 11.6 Å². The van der Waals surface area contributed by atoms with Gasteiger partial charge in [-0.05, 0) is 19.4 Å². The Balaban J connectivity index is 2.03. The molecule has 0 aliphatic rings. The summed E-state index contributed by atoms with van der Waals surface area (Å²) in [6.07, 6.45) is 1.62. The van der Waals surface area contributed by atoms with Crippen LogP contribution in [0.5, 0.6) is 0 Å². The molecule has 0 spiro atoms. The predicted molar refractivity (Wildman–Crippen MR) is 94.3 cm³/mol. The first-order valence-corrected chi connectivity index (χ1v) is 7.76. The quantitative estimate of drug-likeness (QED) is 0.567. The van der Waals surface area contributed by atoms with Crippen molar-refractivity contribution in [1.29, 1.82) is 0 Å². The minimum atomic E-state index is -0.463. The van der Waals surface area contributed by atoms with Crippen LogP contribution in [-0.4, -0.2) is 31.9 Å². The van der Waals surface area contributed by atoms with Crippen LogP contribution in [0.25, 0.3) is 11.4 Å². The number of imidazole rings is 1. The highest BCUT2D eigenvalue weighted by molar-refractivity contribution is 5.69. The van der Waals surface area contributed by atoms with E-state index in [0.29, 0.717) is 29.7 Å². The molecule has 2 aromatic heterocycles. The lowest BCUT2D eigenvalue weighted by Gasteiger charge is -2.18. The van der Waals surface area contributed by atoms with Crippen LogP contribution in [0.4, 0.5) is 11.6 Å². The molecule has 2 heterocycles. The van der Waals surface area contributed by atoms with E-state index in [2.05, 4.69) is 19.9 Å². The lowest BCUT2D eigenvalue weighted by molar-refractivity contribution is -0.385. The van der Waals surface area contributed by atoms with Crippen LogP contribution < -0.4 is 4.90 Å². The minimum absolute atomic E-state index is 0.122. The standard InChI is InChI=1S/C17H18N6O2/c1-11-16(23(24)25)15(14-9-18-12(2)20-14)21-17(19-11)22(3)10-13-7-5-4-6-8-13/h4-9H,10H2,1-3H3,(H,18,20). The molecular weight excluding hydrogens is 320 g/mol. The van der Waals surface area contributed by atoms with E-state index in [9.17, 15) is 10.1 Å². The van der Waals surface area contributed by atoms with Crippen molar-refractivity contribution in [1.82, 2.24) is 19.9 Å². The monoisotopic (exact) mass is 338 g/mol. The second kappa shape index (κ2) is 6.68. The minimum Gasteiger partial charge on any atom is -0.348 e. The van der Waals surface area contributed by atoms with Crippen molar-refractivity contribution < 1.29 is 4.92 Å². The first kappa shape index (κ1) is 16.6. The summed E-state index contributed by atoms with van der Waals surface area (Å²) in [4.78, 5) is 28.8. The van der Waals surface area contributed by atoms with Gasteiger partial charge in [0.2, 0.25) is 5.95 Å². The lowest BCUT2D eigenvalue weighted by Crippen LogP contribution is -2.20. The Morgan fingerprint density at radius 1 is 1.16 bits per heavy atom. The Morgan fingerprint density at radius 2 is 1.88 bits per heavy atom. The number of nitro groups is 1. The molecular formula is C17H18N6O2. The van der Waals surface area contributed by atoms with Gasteiger partial charge in [0, 0.05) is 19.8 Å². The van der Waals surface area contributed by atoms with Gasteiger partial charge >= 0.3 is 5.69 Å². The van der Waals surface area contributed by atoms with Gasteiger partial charge in [0.25, 0.3) is 0 Å². The molecule has 0 atom stereocenters. The molecule has 1 N–H and O–H groups in total. The van der Waals surface area contributed by atoms with Gasteiger partial charge in [-0.3, -0.25) is 10.1 Å². The maximum Gasteiger partial charge on any atom is 0.318 e. The average Bonchev–Trinajstić information content (AvgIpc) is 3.01. The summed E-state index contributed by atoms with van der Waals surface area (Å²) in [7, 11) is 1.85. The summed E-state index contributed by atoms with van der Waals surface area (Å²) < 4.78 is 0.